The van der Waals surface area contributed by atoms with E-state index in [0.717, 1.165) is 47.9 Å². The SMILES string of the molecule is CN(Cc1cccc(-c2cnc(N3CCN(c4ccc(Cl)cc4)CC3)nc2)c1)C(=O)CNC(=O)OC(C)(C)C. The van der Waals surface area contributed by atoms with Gasteiger partial charge in [0.1, 0.15) is 12.1 Å². The van der Waals surface area contributed by atoms with Crippen molar-refractivity contribution >= 4 is 35.2 Å². The van der Waals surface area contributed by atoms with E-state index >= 15 is 0 Å². The number of piperazine rings is 1. The molecule has 0 spiro atoms. The summed E-state index contributed by atoms with van der Waals surface area (Å²) in [4.78, 5) is 39.7. The molecule has 1 aliphatic heterocycles. The van der Waals surface area contributed by atoms with Crippen LogP contribution in [0.2, 0.25) is 5.02 Å². The summed E-state index contributed by atoms with van der Waals surface area (Å²) in [5.74, 6) is 0.503. The summed E-state index contributed by atoms with van der Waals surface area (Å²) in [7, 11) is 1.70. The molecule has 0 unspecified atom stereocenters. The smallest absolute Gasteiger partial charge is 0.408 e. The molecule has 1 saturated heterocycles. The van der Waals surface area contributed by atoms with E-state index in [0.29, 0.717) is 12.5 Å². The van der Waals surface area contributed by atoms with Gasteiger partial charge in [-0.1, -0.05) is 29.8 Å². The number of rotatable bonds is 7. The number of carbonyl (C=O) groups excluding carboxylic acids is 2. The van der Waals surface area contributed by atoms with Crippen LogP contribution in [0.1, 0.15) is 26.3 Å². The Balaban J connectivity index is 1.30. The summed E-state index contributed by atoms with van der Waals surface area (Å²) in [5.41, 5.74) is 3.39. The number of nitrogens with one attached hydrogen (secondary N) is 1. The Morgan fingerprint density at radius 1 is 0.974 bits per heavy atom. The molecule has 1 aromatic heterocycles. The van der Waals surface area contributed by atoms with Gasteiger partial charge in [0.25, 0.3) is 0 Å². The second-order valence-electron chi connectivity index (χ2n) is 10.5. The number of anilines is 2. The normalized spacial score (nSPS) is 13.7. The van der Waals surface area contributed by atoms with Gasteiger partial charge in [-0.3, -0.25) is 4.79 Å². The van der Waals surface area contributed by atoms with Crippen molar-refractivity contribution in [2.45, 2.75) is 32.9 Å². The Hall–Kier alpha value is -3.85. The molecule has 2 amide bonds. The van der Waals surface area contributed by atoms with Crippen LogP contribution in [0.3, 0.4) is 0 Å². The zero-order valence-corrected chi connectivity index (χ0v) is 23.6. The van der Waals surface area contributed by atoms with Crippen molar-refractivity contribution < 1.29 is 14.3 Å². The highest BCUT2D eigenvalue weighted by Gasteiger charge is 2.20. The van der Waals surface area contributed by atoms with E-state index in [-0.39, 0.29) is 12.5 Å². The highest BCUT2D eigenvalue weighted by molar-refractivity contribution is 6.30. The first-order valence-corrected chi connectivity index (χ1v) is 13.3. The molecule has 4 rings (SSSR count). The molecule has 1 fully saturated rings. The summed E-state index contributed by atoms with van der Waals surface area (Å²) in [5, 5.41) is 3.25. The summed E-state index contributed by atoms with van der Waals surface area (Å²) in [6.45, 7) is 9.03. The van der Waals surface area contributed by atoms with Gasteiger partial charge in [0, 0.05) is 68.4 Å². The summed E-state index contributed by atoms with van der Waals surface area (Å²) < 4.78 is 5.18. The van der Waals surface area contributed by atoms with Crippen LogP contribution >= 0.6 is 11.6 Å². The number of nitrogens with zero attached hydrogens (tertiary/aromatic N) is 5. The standard InChI is InChI=1S/C29H35ClN6O3/c1-29(2,3)39-28(38)33-19-26(37)34(4)20-21-6-5-7-22(16-21)23-17-31-27(32-18-23)36-14-12-35(13-15-36)25-10-8-24(30)9-11-25/h5-11,16-18H,12-15,19-20H2,1-4H3,(H,33,38). The number of carbonyl (C=O) groups is 2. The average Bonchev–Trinajstić information content (AvgIpc) is 2.91. The minimum atomic E-state index is -0.617. The molecular formula is C29H35ClN6O3. The molecule has 39 heavy (non-hydrogen) atoms. The fourth-order valence-corrected chi connectivity index (χ4v) is 4.38. The Morgan fingerprint density at radius 2 is 1.62 bits per heavy atom. The lowest BCUT2D eigenvalue weighted by Crippen LogP contribution is -2.47. The van der Waals surface area contributed by atoms with Gasteiger partial charge < -0.3 is 24.8 Å². The van der Waals surface area contributed by atoms with Gasteiger partial charge in [0.2, 0.25) is 11.9 Å². The van der Waals surface area contributed by atoms with Gasteiger partial charge in [0.05, 0.1) is 0 Å². The first kappa shape index (κ1) is 28.2. The van der Waals surface area contributed by atoms with Gasteiger partial charge in [-0.05, 0) is 62.2 Å². The van der Waals surface area contributed by atoms with Crippen molar-refractivity contribution in [2.24, 2.45) is 0 Å². The lowest BCUT2D eigenvalue weighted by molar-refractivity contribution is -0.129. The number of aromatic nitrogens is 2. The van der Waals surface area contributed by atoms with Crippen LogP contribution in [0.4, 0.5) is 16.4 Å². The van der Waals surface area contributed by atoms with Gasteiger partial charge in [-0.25, -0.2) is 14.8 Å². The third-order valence-corrected chi connectivity index (χ3v) is 6.53. The predicted molar refractivity (Wildman–Crippen MR) is 154 cm³/mol. The predicted octanol–water partition coefficient (Wildman–Crippen LogP) is 4.61. The number of halogens is 1. The number of ether oxygens (including phenoxy) is 1. The minimum absolute atomic E-state index is 0.131. The number of amides is 2. The molecule has 3 aromatic rings. The molecule has 0 bridgehead atoms. The molecule has 10 heteroatoms. The van der Waals surface area contributed by atoms with Gasteiger partial charge in [-0.2, -0.15) is 0 Å². The fourth-order valence-electron chi connectivity index (χ4n) is 4.26. The Kier molecular flexibility index (Phi) is 8.91. The van der Waals surface area contributed by atoms with Crippen LogP contribution in [0.5, 0.6) is 0 Å². The zero-order valence-electron chi connectivity index (χ0n) is 22.9. The number of benzene rings is 2. The fraction of sp³-hybridized carbons (Fsp3) is 0.379. The summed E-state index contributed by atoms with van der Waals surface area (Å²) in [6.07, 6.45) is 3.07. The number of alkyl carbamates (subject to hydrolysis) is 1. The van der Waals surface area contributed by atoms with Crippen LogP contribution < -0.4 is 15.1 Å². The Labute approximate surface area is 234 Å². The highest BCUT2D eigenvalue weighted by Crippen LogP contribution is 2.23. The van der Waals surface area contributed by atoms with Crippen molar-refractivity contribution in [3.05, 3.63) is 71.5 Å². The molecule has 9 nitrogen and oxygen atoms in total. The quantitative estimate of drug-likeness (QED) is 0.459. The second-order valence-corrected chi connectivity index (χ2v) is 11.0. The number of hydrogen-bond acceptors (Lipinski definition) is 7. The first-order chi connectivity index (χ1) is 18.6. The molecule has 0 saturated carbocycles. The van der Waals surface area contributed by atoms with Crippen molar-refractivity contribution in [2.75, 3.05) is 49.6 Å². The molecule has 0 atom stereocenters. The molecule has 206 valence electrons. The molecule has 1 aliphatic rings. The third-order valence-electron chi connectivity index (χ3n) is 6.28. The van der Waals surface area contributed by atoms with E-state index in [1.807, 2.05) is 60.9 Å². The minimum Gasteiger partial charge on any atom is -0.444 e. The largest absolute Gasteiger partial charge is 0.444 e. The molecule has 2 aromatic carbocycles. The molecule has 0 aliphatic carbocycles. The van der Waals surface area contributed by atoms with Crippen LogP contribution in [0.15, 0.2) is 60.9 Å². The van der Waals surface area contributed by atoms with E-state index in [1.165, 1.54) is 5.69 Å². The topological polar surface area (TPSA) is 90.9 Å². The molecular weight excluding hydrogens is 516 g/mol. The van der Waals surface area contributed by atoms with Crippen LogP contribution in [-0.2, 0) is 16.1 Å². The number of likely N-dealkylation sites (N-methyl/N-ethyl adjacent to an activating group) is 1. The first-order valence-electron chi connectivity index (χ1n) is 12.9. The second kappa shape index (κ2) is 12.3. The van der Waals surface area contributed by atoms with E-state index in [1.54, 1.807) is 32.7 Å². The summed E-state index contributed by atoms with van der Waals surface area (Å²) >= 11 is 6.02. The maximum absolute atomic E-state index is 12.5. The highest BCUT2D eigenvalue weighted by atomic mass is 35.5. The van der Waals surface area contributed by atoms with E-state index in [9.17, 15) is 9.59 Å². The summed E-state index contributed by atoms with van der Waals surface area (Å²) in [6, 6.07) is 15.9. The van der Waals surface area contributed by atoms with Crippen molar-refractivity contribution in [1.82, 2.24) is 20.2 Å². The Morgan fingerprint density at radius 3 is 2.26 bits per heavy atom. The zero-order chi connectivity index (χ0) is 28.0. The van der Waals surface area contributed by atoms with Crippen molar-refractivity contribution in [1.29, 1.82) is 0 Å². The monoisotopic (exact) mass is 550 g/mol. The van der Waals surface area contributed by atoms with E-state index in [2.05, 4.69) is 25.1 Å². The van der Waals surface area contributed by atoms with Crippen molar-refractivity contribution in [3.63, 3.8) is 0 Å². The van der Waals surface area contributed by atoms with E-state index in [4.69, 9.17) is 16.3 Å². The number of hydrogen-bond donors (Lipinski definition) is 1. The molecule has 2 heterocycles. The van der Waals surface area contributed by atoms with Crippen LogP contribution in [-0.4, -0.2) is 72.2 Å². The van der Waals surface area contributed by atoms with Crippen LogP contribution in [0, 0.1) is 0 Å². The lowest BCUT2D eigenvalue weighted by atomic mass is 10.1. The Bertz CT molecular complexity index is 1270. The molecule has 0 radical (unpaired) electrons. The molecule has 1 N–H and O–H groups in total. The van der Waals surface area contributed by atoms with Gasteiger partial charge in [0.15, 0.2) is 0 Å². The third kappa shape index (κ3) is 8.07. The van der Waals surface area contributed by atoms with E-state index < -0.39 is 11.7 Å². The van der Waals surface area contributed by atoms with Gasteiger partial charge >= 0.3 is 6.09 Å². The maximum Gasteiger partial charge on any atom is 0.408 e. The maximum atomic E-state index is 12.5. The average molecular weight is 551 g/mol. The van der Waals surface area contributed by atoms with Gasteiger partial charge in [-0.15, -0.1) is 0 Å². The lowest BCUT2D eigenvalue weighted by Gasteiger charge is -2.36. The van der Waals surface area contributed by atoms with Crippen LogP contribution in [0.25, 0.3) is 11.1 Å². The van der Waals surface area contributed by atoms with Crippen molar-refractivity contribution in [3.8, 4) is 11.1 Å².